The number of halogens is 3. The Hall–Kier alpha value is -5.18. The van der Waals surface area contributed by atoms with Crippen molar-refractivity contribution in [2.45, 2.75) is 30.6 Å². The largest absolute Gasteiger partial charge is 0.355 e. The summed E-state index contributed by atoms with van der Waals surface area (Å²) < 4.78 is 61.0. The molecule has 1 fully saturated rings. The summed E-state index contributed by atoms with van der Waals surface area (Å²) in [5.41, 5.74) is 0.772. The normalized spacial score (nSPS) is 16.8. The monoisotopic (exact) mass is 724 g/mol. The van der Waals surface area contributed by atoms with Gasteiger partial charge in [0.1, 0.15) is 23.1 Å². The van der Waals surface area contributed by atoms with Crippen LogP contribution in [0.4, 0.5) is 30.6 Å². The molecule has 0 bridgehead atoms. The fraction of sp³-hybridized carbons (Fsp3) is 0.200. The standard InChI is InChI=1S/C35H31ClF2N4O7S/c1-35(2)28-20-26(50(47,48)49)16-17-29(28)40(19-5-18-39-31(43)21-36)30(35)7-4-3-6-27-32(44)41(24-12-8-22(37)9-13-24)34(46)42(33(27)45)25-14-10-23(38)11-15-25/h3-4,6-17,20H,5,18-19,21H2,1-2H3,(H,39,43)(H,47,48,49)/b4-3+,30-7+. The fourth-order valence-electron chi connectivity index (χ4n) is 5.75. The molecule has 3 aromatic rings. The van der Waals surface area contributed by atoms with E-state index in [0.29, 0.717) is 36.5 Å². The third-order valence-electron chi connectivity index (χ3n) is 8.21. The molecule has 11 nitrogen and oxygen atoms in total. The number of hydrogen-bond donors (Lipinski definition) is 2. The predicted octanol–water partition coefficient (Wildman–Crippen LogP) is 5.62. The number of rotatable bonds is 10. The van der Waals surface area contributed by atoms with Crippen molar-refractivity contribution in [3.8, 4) is 0 Å². The van der Waals surface area contributed by atoms with E-state index >= 15 is 0 Å². The van der Waals surface area contributed by atoms with Crippen LogP contribution in [0.2, 0.25) is 0 Å². The highest BCUT2D eigenvalue weighted by atomic mass is 35.5. The van der Waals surface area contributed by atoms with Gasteiger partial charge in [0.15, 0.2) is 0 Å². The van der Waals surface area contributed by atoms with Crippen LogP contribution in [-0.4, -0.2) is 55.7 Å². The lowest BCUT2D eigenvalue weighted by molar-refractivity contribution is -0.121. The molecule has 0 aromatic heterocycles. The topological polar surface area (TPSA) is 144 Å². The lowest BCUT2D eigenvalue weighted by atomic mass is 9.83. The second kappa shape index (κ2) is 14.4. The van der Waals surface area contributed by atoms with Crippen LogP contribution in [0.15, 0.2) is 107 Å². The highest BCUT2D eigenvalue weighted by Gasteiger charge is 2.44. The number of barbiturate groups is 1. The number of fused-ring (bicyclic) bond motifs is 1. The van der Waals surface area contributed by atoms with E-state index in [1.165, 1.54) is 48.6 Å². The molecule has 5 rings (SSSR count). The van der Waals surface area contributed by atoms with E-state index in [2.05, 4.69) is 5.32 Å². The van der Waals surface area contributed by atoms with Gasteiger partial charge in [-0.3, -0.25) is 18.9 Å². The van der Waals surface area contributed by atoms with E-state index < -0.39 is 50.6 Å². The van der Waals surface area contributed by atoms with Crippen molar-refractivity contribution in [3.05, 3.63) is 120 Å². The number of benzene rings is 3. The highest BCUT2D eigenvalue weighted by Crippen LogP contribution is 2.48. The molecule has 3 aromatic carbocycles. The van der Waals surface area contributed by atoms with Crippen molar-refractivity contribution in [1.82, 2.24) is 5.32 Å². The average Bonchev–Trinajstić information content (AvgIpc) is 3.28. The summed E-state index contributed by atoms with van der Waals surface area (Å²) in [7, 11) is -4.50. The Morgan fingerprint density at radius 1 is 0.880 bits per heavy atom. The molecule has 2 N–H and O–H groups in total. The average molecular weight is 725 g/mol. The van der Waals surface area contributed by atoms with Gasteiger partial charge in [0, 0.05) is 29.9 Å². The summed E-state index contributed by atoms with van der Waals surface area (Å²) in [5, 5.41) is 2.70. The zero-order valence-corrected chi connectivity index (χ0v) is 28.3. The van der Waals surface area contributed by atoms with Crippen LogP contribution >= 0.6 is 11.6 Å². The van der Waals surface area contributed by atoms with Crippen molar-refractivity contribution in [2.24, 2.45) is 0 Å². The number of allylic oxidation sites excluding steroid dienone is 5. The number of nitrogens with zero attached hydrogens (tertiary/aromatic N) is 3. The lowest BCUT2D eigenvalue weighted by Crippen LogP contribution is -2.57. The number of anilines is 3. The summed E-state index contributed by atoms with van der Waals surface area (Å²) in [6, 6.07) is 12.3. The van der Waals surface area contributed by atoms with Crippen LogP contribution in [0.1, 0.15) is 25.8 Å². The molecule has 15 heteroatoms. The molecule has 50 heavy (non-hydrogen) atoms. The zero-order chi connectivity index (χ0) is 36.4. The van der Waals surface area contributed by atoms with Gasteiger partial charge in [-0.05, 0) is 90.9 Å². The van der Waals surface area contributed by atoms with E-state index in [1.54, 1.807) is 18.2 Å². The maximum atomic E-state index is 13.7. The van der Waals surface area contributed by atoms with Crippen LogP contribution in [0.3, 0.4) is 0 Å². The van der Waals surface area contributed by atoms with Crippen LogP contribution in [-0.2, 0) is 29.9 Å². The number of carbonyl (C=O) groups is 4. The Bertz CT molecular complexity index is 2000. The second-order valence-electron chi connectivity index (χ2n) is 11.8. The molecule has 2 aliphatic rings. The summed E-state index contributed by atoms with van der Waals surface area (Å²) in [6.45, 7) is 4.42. The number of amides is 5. The summed E-state index contributed by atoms with van der Waals surface area (Å²) >= 11 is 5.57. The molecule has 5 amide bonds. The molecule has 2 heterocycles. The first-order chi connectivity index (χ1) is 23.6. The van der Waals surface area contributed by atoms with E-state index in [0.717, 1.165) is 34.1 Å². The molecule has 0 saturated carbocycles. The van der Waals surface area contributed by atoms with Gasteiger partial charge in [-0.1, -0.05) is 26.0 Å². The van der Waals surface area contributed by atoms with Gasteiger partial charge in [0.25, 0.3) is 21.9 Å². The third kappa shape index (κ3) is 7.22. The van der Waals surface area contributed by atoms with Gasteiger partial charge in [0.05, 0.1) is 16.3 Å². The summed E-state index contributed by atoms with van der Waals surface area (Å²) in [6.07, 6.45) is 6.39. The minimum atomic E-state index is -4.50. The molecule has 0 aliphatic carbocycles. The first kappa shape index (κ1) is 36.1. The SMILES string of the molecule is CC1(C)/C(=C\C=C\C=C2C(=O)N(c3ccc(F)cc3)C(=O)N(c3ccc(F)cc3)C2=O)N(CCCNC(=O)CCl)c2ccc(S(=O)(=O)O)cc21. The summed E-state index contributed by atoms with van der Waals surface area (Å²) in [4.78, 5) is 55.5. The maximum Gasteiger partial charge on any atom is 0.343 e. The molecule has 2 aliphatic heterocycles. The Labute approximate surface area is 291 Å². The smallest absolute Gasteiger partial charge is 0.343 e. The fourth-order valence-corrected chi connectivity index (χ4v) is 6.35. The van der Waals surface area contributed by atoms with E-state index in [9.17, 15) is 40.9 Å². The lowest BCUT2D eigenvalue weighted by Gasteiger charge is -2.33. The number of urea groups is 1. The Morgan fingerprint density at radius 2 is 1.42 bits per heavy atom. The van der Waals surface area contributed by atoms with Gasteiger partial charge >= 0.3 is 6.03 Å². The van der Waals surface area contributed by atoms with Gasteiger partial charge in [-0.15, -0.1) is 11.6 Å². The third-order valence-corrected chi connectivity index (χ3v) is 9.30. The second-order valence-corrected chi connectivity index (χ2v) is 13.5. The number of alkyl halides is 1. The molecule has 0 spiro atoms. The van der Waals surface area contributed by atoms with Crippen molar-refractivity contribution >= 4 is 62.5 Å². The molecular weight excluding hydrogens is 694 g/mol. The molecule has 260 valence electrons. The van der Waals surface area contributed by atoms with Gasteiger partial charge < -0.3 is 10.2 Å². The maximum absolute atomic E-state index is 13.7. The van der Waals surface area contributed by atoms with E-state index in [1.807, 2.05) is 18.7 Å². The minimum Gasteiger partial charge on any atom is -0.355 e. The predicted molar refractivity (Wildman–Crippen MR) is 183 cm³/mol. The summed E-state index contributed by atoms with van der Waals surface area (Å²) in [5.74, 6) is -3.66. The first-order valence-corrected chi connectivity index (χ1v) is 17.2. The highest BCUT2D eigenvalue weighted by molar-refractivity contribution is 7.85. The Kier molecular flexibility index (Phi) is 10.4. The van der Waals surface area contributed by atoms with Gasteiger partial charge in [-0.25, -0.2) is 23.4 Å². The molecule has 1 saturated heterocycles. The quantitative estimate of drug-likeness (QED) is 0.0902. The molecule has 0 atom stereocenters. The Morgan fingerprint density at radius 3 is 1.94 bits per heavy atom. The number of nitrogens with one attached hydrogen (secondary N) is 1. The number of hydrogen-bond acceptors (Lipinski definition) is 7. The van der Waals surface area contributed by atoms with Crippen molar-refractivity contribution in [2.75, 3.05) is 33.7 Å². The molecular formula is C35H31ClF2N4O7S. The van der Waals surface area contributed by atoms with Crippen LogP contribution in [0, 0.1) is 11.6 Å². The minimum absolute atomic E-state index is 0.00520. The molecule has 0 unspecified atom stereocenters. The van der Waals surface area contributed by atoms with Crippen LogP contribution < -0.4 is 20.0 Å². The Balaban J connectivity index is 1.52. The van der Waals surface area contributed by atoms with Crippen molar-refractivity contribution < 1.29 is 40.9 Å². The van der Waals surface area contributed by atoms with Crippen molar-refractivity contribution in [1.29, 1.82) is 0 Å². The number of imide groups is 2. The number of carbonyl (C=O) groups excluding carboxylic acids is 4. The first-order valence-electron chi connectivity index (χ1n) is 15.2. The van der Waals surface area contributed by atoms with E-state index in [4.69, 9.17) is 11.6 Å². The van der Waals surface area contributed by atoms with Crippen LogP contribution in [0.25, 0.3) is 0 Å². The van der Waals surface area contributed by atoms with Crippen molar-refractivity contribution in [3.63, 3.8) is 0 Å². The van der Waals surface area contributed by atoms with E-state index in [-0.39, 0.29) is 28.1 Å². The van der Waals surface area contributed by atoms with Gasteiger partial charge in [0.2, 0.25) is 5.91 Å². The van der Waals surface area contributed by atoms with Gasteiger partial charge in [-0.2, -0.15) is 8.42 Å². The van der Waals surface area contributed by atoms with Crippen LogP contribution in [0.5, 0.6) is 0 Å². The molecule has 0 radical (unpaired) electrons. The zero-order valence-electron chi connectivity index (χ0n) is 26.8.